The molecule has 1 aliphatic heterocycles. The molecule has 1 aromatic heterocycles. The van der Waals surface area contributed by atoms with Crippen LogP contribution in [0, 0.1) is 11.6 Å². The highest BCUT2D eigenvalue weighted by Crippen LogP contribution is 2.36. The van der Waals surface area contributed by atoms with Crippen LogP contribution in [0.3, 0.4) is 0 Å². The second kappa shape index (κ2) is 4.71. The Balaban J connectivity index is 2.08. The van der Waals surface area contributed by atoms with Crippen LogP contribution in [0.15, 0.2) is 24.3 Å². The Kier molecular flexibility index (Phi) is 3.11. The normalized spacial score (nSPS) is 18.2. The monoisotopic (exact) mass is 303 g/mol. The molecule has 0 fully saturated rings. The van der Waals surface area contributed by atoms with Gasteiger partial charge in [-0.1, -0.05) is 0 Å². The summed E-state index contributed by atoms with van der Waals surface area (Å²) >= 11 is 0. The molecule has 0 saturated heterocycles. The van der Waals surface area contributed by atoms with Crippen molar-refractivity contribution >= 4 is 5.82 Å². The summed E-state index contributed by atoms with van der Waals surface area (Å²) in [5.41, 5.74) is -1.07. The van der Waals surface area contributed by atoms with Gasteiger partial charge in [0.15, 0.2) is 5.69 Å². The quantitative estimate of drug-likeness (QED) is 0.816. The molecular formula is C13H10F5N3. The van der Waals surface area contributed by atoms with Crippen LogP contribution in [-0.2, 0) is 6.18 Å². The van der Waals surface area contributed by atoms with Crippen molar-refractivity contribution < 1.29 is 22.0 Å². The van der Waals surface area contributed by atoms with Gasteiger partial charge in [-0.15, -0.1) is 0 Å². The molecule has 0 radical (unpaired) electrons. The average Bonchev–Trinajstić information content (AvgIpc) is 2.85. The van der Waals surface area contributed by atoms with Gasteiger partial charge in [-0.2, -0.15) is 18.3 Å². The number of rotatable bonds is 1. The third kappa shape index (κ3) is 2.45. The molecule has 1 aliphatic rings. The van der Waals surface area contributed by atoms with Gasteiger partial charge >= 0.3 is 6.18 Å². The molecule has 21 heavy (non-hydrogen) atoms. The number of fused-ring (bicyclic) bond motifs is 1. The number of nitrogens with zero attached hydrogens (tertiary/aromatic N) is 2. The minimum atomic E-state index is -4.59. The molecule has 1 N–H and O–H groups in total. The molecule has 3 nitrogen and oxygen atoms in total. The smallest absolute Gasteiger partial charge is 0.370 e. The molecule has 1 unspecified atom stereocenters. The lowest BCUT2D eigenvalue weighted by molar-refractivity contribution is -0.141. The molecular weight excluding hydrogens is 293 g/mol. The van der Waals surface area contributed by atoms with Crippen LogP contribution in [0.4, 0.5) is 27.8 Å². The molecule has 0 bridgehead atoms. The molecule has 0 saturated carbocycles. The van der Waals surface area contributed by atoms with Crippen molar-refractivity contribution in [1.29, 1.82) is 0 Å². The van der Waals surface area contributed by atoms with Gasteiger partial charge in [-0.3, -0.25) is 0 Å². The van der Waals surface area contributed by atoms with Gasteiger partial charge in [0, 0.05) is 18.2 Å². The fraction of sp³-hybridized carbons (Fsp3) is 0.308. The minimum Gasteiger partial charge on any atom is -0.370 e. The zero-order valence-electron chi connectivity index (χ0n) is 10.6. The Hall–Kier alpha value is -2.12. The van der Waals surface area contributed by atoms with E-state index in [2.05, 4.69) is 10.4 Å². The summed E-state index contributed by atoms with van der Waals surface area (Å²) in [6.07, 6.45) is -4.27. The number of aromatic nitrogens is 2. The number of halogens is 5. The van der Waals surface area contributed by atoms with Crippen molar-refractivity contribution in [3.63, 3.8) is 0 Å². The van der Waals surface area contributed by atoms with E-state index in [0.29, 0.717) is 13.0 Å². The second-order valence-corrected chi connectivity index (χ2v) is 4.75. The zero-order valence-corrected chi connectivity index (χ0v) is 10.6. The topological polar surface area (TPSA) is 29.9 Å². The Morgan fingerprint density at radius 1 is 1.19 bits per heavy atom. The number of nitrogens with one attached hydrogen (secondary N) is 1. The maximum atomic E-state index is 13.8. The van der Waals surface area contributed by atoms with Crippen molar-refractivity contribution in [3.8, 4) is 0 Å². The molecule has 2 aromatic rings. The lowest BCUT2D eigenvalue weighted by Gasteiger charge is -2.26. The summed E-state index contributed by atoms with van der Waals surface area (Å²) in [4.78, 5) is 0. The van der Waals surface area contributed by atoms with E-state index in [9.17, 15) is 22.0 Å². The summed E-state index contributed by atoms with van der Waals surface area (Å²) in [6.45, 7) is 0.351. The largest absolute Gasteiger partial charge is 0.435 e. The molecule has 112 valence electrons. The average molecular weight is 303 g/mol. The van der Waals surface area contributed by atoms with Crippen molar-refractivity contribution in [3.05, 3.63) is 47.2 Å². The maximum Gasteiger partial charge on any atom is 0.435 e. The molecule has 1 aromatic carbocycles. The van der Waals surface area contributed by atoms with Crippen LogP contribution in [0.5, 0.6) is 0 Å². The van der Waals surface area contributed by atoms with Crippen molar-refractivity contribution in [2.75, 3.05) is 11.9 Å². The first-order chi connectivity index (χ1) is 9.86. The summed E-state index contributed by atoms with van der Waals surface area (Å²) in [7, 11) is 0. The van der Waals surface area contributed by atoms with Gasteiger partial charge in [0.2, 0.25) is 0 Å². The summed E-state index contributed by atoms with van der Waals surface area (Å²) < 4.78 is 66.3. The molecule has 1 atom stereocenters. The van der Waals surface area contributed by atoms with Crippen LogP contribution in [-0.4, -0.2) is 16.3 Å². The predicted molar refractivity (Wildman–Crippen MR) is 64.8 cm³/mol. The third-order valence-corrected chi connectivity index (χ3v) is 3.36. The van der Waals surface area contributed by atoms with E-state index in [1.807, 2.05) is 0 Å². The number of hydrogen-bond donors (Lipinski definition) is 1. The summed E-state index contributed by atoms with van der Waals surface area (Å²) in [5, 5.41) is 6.26. The SMILES string of the molecule is Fc1ccc(F)c(C2CCNc3cc(C(F)(F)F)nn32)c1. The molecule has 8 heteroatoms. The number of hydrogen-bond acceptors (Lipinski definition) is 2. The first kappa shape index (κ1) is 13.8. The molecule has 0 aliphatic carbocycles. The van der Waals surface area contributed by atoms with Crippen molar-refractivity contribution in [1.82, 2.24) is 9.78 Å². The predicted octanol–water partition coefficient (Wildman–Crippen LogP) is 3.59. The van der Waals surface area contributed by atoms with Crippen LogP contribution in [0.25, 0.3) is 0 Å². The Morgan fingerprint density at radius 3 is 2.67 bits per heavy atom. The van der Waals surface area contributed by atoms with Gasteiger partial charge in [0.1, 0.15) is 17.5 Å². The highest BCUT2D eigenvalue weighted by molar-refractivity contribution is 5.42. The van der Waals surface area contributed by atoms with E-state index in [4.69, 9.17) is 0 Å². The van der Waals surface area contributed by atoms with Gasteiger partial charge in [-0.25, -0.2) is 13.5 Å². The van der Waals surface area contributed by atoms with Crippen LogP contribution in [0.2, 0.25) is 0 Å². The second-order valence-electron chi connectivity index (χ2n) is 4.75. The first-order valence-electron chi connectivity index (χ1n) is 6.22. The molecule has 3 rings (SSSR count). The Labute approximate surface area is 116 Å². The van der Waals surface area contributed by atoms with Crippen molar-refractivity contribution in [2.45, 2.75) is 18.6 Å². The van der Waals surface area contributed by atoms with E-state index < -0.39 is 29.5 Å². The van der Waals surface area contributed by atoms with E-state index >= 15 is 0 Å². The highest BCUT2D eigenvalue weighted by Gasteiger charge is 2.37. The fourth-order valence-electron chi connectivity index (χ4n) is 2.42. The number of benzene rings is 1. The third-order valence-electron chi connectivity index (χ3n) is 3.36. The Morgan fingerprint density at radius 2 is 1.95 bits per heavy atom. The molecule has 0 spiro atoms. The molecule has 0 amide bonds. The van der Waals surface area contributed by atoms with Crippen LogP contribution >= 0.6 is 0 Å². The van der Waals surface area contributed by atoms with Gasteiger partial charge in [-0.05, 0) is 24.6 Å². The lowest BCUT2D eigenvalue weighted by atomic mass is 10.0. The van der Waals surface area contributed by atoms with Crippen LogP contribution in [0.1, 0.15) is 23.7 Å². The van der Waals surface area contributed by atoms with E-state index in [1.165, 1.54) is 0 Å². The number of alkyl halides is 3. The van der Waals surface area contributed by atoms with E-state index in [-0.39, 0.29) is 11.4 Å². The van der Waals surface area contributed by atoms with E-state index in [1.54, 1.807) is 0 Å². The fourth-order valence-corrected chi connectivity index (χ4v) is 2.42. The van der Waals surface area contributed by atoms with Crippen LogP contribution < -0.4 is 5.32 Å². The van der Waals surface area contributed by atoms with Gasteiger partial charge in [0.25, 0.3) is 0 Å². The zero-order chi connectivity index (χ0) is 15.2. The van der Waals surface area contributed by atoms with Crippen molar-refractivity contribution in [2.24, 2.45) is 0 Å². The summed E-state index contributed by atoms with van der Waals surface area (Å²) in [6, 6.07) is 3.01. The number of anilines is 1. The highest BCUT2D eigenvalue weighted by atomic mass is 19.4. The summed E-state index contributed by atoms with van der Waals surface area (Å²) in [5.74, 6) is -1.17. The maximum absolute atomic E-state index is 13.8. The minimum absolute atomic E-state index is 0.00502. The van der Waals surface area contributed by atoms with Gasteiger partial charge in [0.05, 0.1) is 6.04 Å². The first-order valence-corrected chi connectivity index (χ1v) is 6.22. The molecule has 2 heterocycles. The Bertz CT molecular complexity index is 677. The van der Waals surface area contributed by atoms with Gasteiger partial charge < -0.3 is 5.32 Å². The standard InChI is InChI=1S/C13H10F5N3/c14-7-1-2-9(15)8(5-7)10-3-4-19-12-6-11(13(16,17)18)20-21(10)12/h1-2,5-6,10,19H,3-4H2. The lowest BCUT2D eigenvalue weighted by Crippen LogP contribution is -2.25. The van der Waals surface area contributed by atoms with E-state index in [0.717, 1.165) is 28.9 Å².